The molecule has 0 radical (unpaired) electrons. The number of hydrogen-bond donors (Lipinski definition) is 2. The van der Waals surface area contributed by atoms with E-state index in [1.54, 1.807) is 13.1 Å². The van der Waals surface area contributed by atoms with Gasteiger partial charge in [0, 0.05) is 0 Å². The third-order valence-corrected chi connectivity index (χ3v) is 1.20. The first kappa shape index (κ1) is 8.40. The molecule has 0 amide bonds. The topological polar surface area (TPSA) is 32.3 Å². The molecule has 0 saturated heterocycles. The highest BCUT2D eigenvalue weighted by molar-refractivity contribution is 4.97. The normalized spacial score (nSPS) is 16.2. The van der Waals surface area contributed by atoms with Crippen LogP contribution < -0.4 is 5.32 Å². The van der Waals surface area contributed by atoms with Crippen molar-refractivity contribution >= 4 is 0 Å². The van der Waals surface area contributed by atoms with E-state index >= 15 is 0 Å². The molecular weight excluding hydrogens is 114 g/mol. The van der Waals surface area contributed by atoms with Gasteiger partial charge in [-0.3, -0.25) is 0 Å². The molecule has 9 heavy (non-hydrogen) atoms. The lowest BCUT2D eigenvalue weighted by Gasteiger charge is -2.14. The smallest absolute Gasteiger partial charge is 0.0906 e. The Bertz CT molecular complexity index is 101. The summed E-state index contributed by atoms with van der Waals surface area (Å²) < 4.78 is 0. The van der Waals surface area contributed by atoms with E-state index in [1.807, 2.05) is 0 Å². The van der Waals surface area contributed by atoms with Crippen LogP contribution in [0.25, 0.3) is 0 Å². The first-order chi connectivity index (χ1) is 4.26. The van der Waals surface area contributed by atoms with Crippen LogP contribution >= 0.6 is 0 Å². The minimum Gasteiger partial charge on any atom is -0.387 e. The van der Waals surface area contributed by atoms with Crippen molar-refractivity contribution in [3.8, 4) is 0 Å². The van der Waals surface area contributed by atoms with Crippen LogP contribution in [0.3, 0.4) is 0 Å². The third kappa shape index (κ3) is 2.44. The molecule has 2 heteroatoms. The second kappa shape index (κ2) is 4.30. The van der Waals surface area contributed by atoms with Crippen LogP contribution in [0, 0.1) is 0 Å². The van der Waals surface area contributed by atoms with Crippen molar-refractivity contribution in [2.45, 2.75) is 12.1 Å². The minimum atomic E-state index is -0.535. The van der Waals surface area contributed by atoms with Gasteiger partial charge in [0.05, 0.1) is 12.1 Å². The molecule has 0 aliphatic carbocycles. The lowest BCUT2D eigenvalue weighted by atomic mass is 10.1. The number of rotatable bonds is 4. The maximum absolute atomic E-state index is 9.07. The van der Waals surface area contributed by atoms with Crippen LogP contribution in [-0.4, -0.2) is 24.3 Å². The Labute approximate surface area is 55.9 Å². The van der Waals surface area contributed by atoms with Crippen molar-refractivity contribution in [3.05, 3.63) is 25.3 Å². The molecule has 0 bridgehead atoms. The van der Waals surface area contributed by atoms with Gasteiger partial charge in [0.25, 0.3) is 0 Å². The Hall–Kier alpha value is -0.600. The van der Waals surface area contributed by atoms with Gasteiger partial charge in [-0.2, -0.15) is 0 Å². The zero-order chi connectivity index (χ0) is 7.28. The highest BCUT2D eigenvalue weighted by Gasteiger charge is 2.07. The number of likely N-dealkylation sites (N-methyl/N-ethyl adjacent to an activating group) is 1. The fourth-order valence-electron chi connectivity index (χ4n) is 0.575. The SMILES string of the molecule is C=C[C@H](NC)[C@@H](O)C=C. The van der Waals surface area contributed by atoms with E-state index in [2.05, 4.69) is 18.5 Å². The monoisotopic (exact) mass is 127 g/mol. The summed E-state index contributed by atoms with van der Waals surface area (Å²) >= 11 is 0. The Kier molecular flexibility index (Phi) is 4.01. The molecule has 2 atom stereocenters. The number of nitrogens with one attached hydrogen (secondary N) is 1. The summed E-state index contributed by atoms with van der Waals surface area (Å²) in [6, 6.07) is -0.0810. The van der Waals surface area contributed by atoms with Gasteiger partial charge in [0.1, 0.15) is 0 Å². The quantitative estimate of drug-likeness (QED) is 0.533. The molecule has 2 nitrogen and oxygen atoms in total. The number of aliphatic hydroxyl groups is 1. The summed E-state index contributed by atoms with van der Waals surface area (Å²) in [5, 5.41) is 11.9. The standard InChI is InChI=1S/C7H13NO/c1-4-6(8-3)7(9)5-2/h4-9H,1-2H2,3H3/t6-,7-/m0/s1. The van der Waals surface area contributed by atoms with Crippen molar-refractivity contribution in [3.63, 3.8) is 0 Å². The molecule has 2 N–H and O–H groups in total. The van der Waals surface area contributed by atoms with E-state index < -0.39 is 6.10 Å². The van der Waals surface area contributed by atoms with E-state index in [0.717, 1.165) is 0 Å². The fourth-order valence-corrected chi connectivity index (χ4v) is 0.575. The van der Waals surface area contributed by atoms with Crippen LogP contribution in [0.15, 0.2) is 25.3 Å². The van der Waals surface area contributed by atoms with Crippen molar-refractivity contribution < 1.29 is 5.11 Å². The predicted octanol–water partition coefficient (Wildman–Crippen LogP) is 0.307. The maximum Gasteiger partial charge on any atom is 0.0906 e. The first-order valence-corrected chi connectivity index (χ1v) is 2.86. The average molecular weight is 127 g/mol. The van der Waals surface area contributed by atoms with Crippen molar-refractivity contribution in [1.82, 2.24) is 5.32 Å². The van der Waals surface area contributed by atoms with E-state index in [9.17, 15) is 0 Å². The Balaban J connectivity index is 3.77. The molecular formula is C7H13NO. The van der Waals surface area contributed by atoms with Gasteiger partial charge in [0.15, 0.2) is 0 Å². The van der Waals surface area contributed by atoms with Gasteiger partial charge in [0.2, 0.25) is 0 Å². The summed E-state index contributed by atoms with van der Waals surface area (Å²) in [6.07, 6.45) is 2.59. The third-order valence-electron chi connectivity index (χ3n) is 1.20. The van der Waals surface area contributed by atoms with Crippen LogP contribution in [0.4, 0.5) is 0 Å². The minimum absolute atomic E-state index is 0.0810. The second-order valence-corrected chi connectivity index (χ2v) is 1.78. The Morgan fingerprint density at radius 3 is 2.11 bits per heavy atom. The summed E-state index contributed by atoms with van der Waals surface area (Å²) in [6.45, 7) is 6.97. The second-order valence-electron chi connectivity index (χ2n) is 1.78. The summed E-state index contributed by atoms with van der Waals surface area (Å²) in [5.41, 5.74) is 0. The van der Waals surface area contributed by atoms with Crippen LogP contribution in [0.2, 0.25) is 0 Å². The van der Waals surface area contributed by atoms with E-state index in [0.29, 0.717) is 0 Å². The molecule has 0 aromatic rings. The molecule has 0 unspecified atom stereocenters. The van der Waals surface area contributed by atoms with E-state index in [1.165, 1.54) is 6.08 Å². The predicted molar refractivity (Wildman–Crippen MR) is 39.2 cm³/mol. The van der Waals surface area contributed by atoms with E-state index in [4.69, 9.17) is 5.11 Å². The number of aliphatic hydroxyl groups excluding tert-OH is 1. The van der Waals surface area contributed by atoms with Crippen LogP contribution in [0.5, 0.6) is 0 Å². The van der Waals surface area contributed by atoms with Gasteiger partial charge in [-0.15, -0.1) is 13.2 Å². The molecule has 0 rings (SSSR count). The molecule has 52 valence electrons. The van der Waals surface area contributed by atoms with Crippen LogP contribution in [0.1, 0.15) is 0 Å². The molecule has 0 aromatic carbocycles. The zero-order valence-electron chi connectivity index (χ0n) is 5.67. The largest absolute Gasteiger partial charge is 0.387 e. The highest BCUT2D eigenvalue weighted by atomic mass is 16.3. The molecule has 0 heterocycles. The van der Waals surface area contributed by atoms with Crippen molar-refractivity contribution in [1.29, 1.82) is 0 Å². The van der Waals surface area contributed by atoms with Gasteiger partial charge >= 0.3 is 0 Å². The van der Waals surface area contributed by atoms with E-state index in [-0.39, 0.29) is 6.04 Å². The maximum atomic E-state index is 9.07. The zero-order valence-corrected chi connectivity index (χ0v) is 5.67. The fraction of sp³-hybridized carbons (Fsp3) is 0.429. The van der Waals surface area contributed by atoms with Gasteiger partial charge in [-0.05, 0) is 7.05 Å². The number of hydrogen-bond acceptors (Lipinski definition) is 2. The molecule has 0 aliphatic rings. The highest BCUT2D eigenvalue weighted by Crippen LogP contribution is 1.93. The summed E-state index contributed by atoms with van der Waals surface area (Å²) in [7, 11) is 1.76. The Morgan fingerprint density at radius 2 is 2.00 bits per heavy atom. The first-order valence-electron chi connectivity index (χ1n) is 2.86. The lowest BCUT2D eigenvalue weighted by Crippen LogP contribution is -2.33. The van der Waals surface area contributed by atoms with Gasteiger partial charge in [-0.25, -0.2) is 0 Å². The van der Waals surface area contributed by atoms with Crippen molar-refractivity contribution in [2.24, 2.45) is 0 Å². The summed E-state index contributed by atoms with van der Waals surface area (Å²) in [4.78, 5) is 0. The lowest BCUT2D eigenvalue weighted by molar-refractivity contribution is 0.196. The molecule has 0 aliphatic heterocycles. The summed E-state index contributed by atoms with van der Waals surface area (Å²) in [5.74, 6) is 0. The Morgan fingerprint density at radius 1 is 1.44 bits per heavy atom. The molecule has 0 aromatic heterocycles. The van der Waals surface area contributed by atoms with Crippen molar-refractivity contribution in [2.75, 3.05) is 7.05 Å². The molecule has 0 spiro atoms. The van der Waals surface area contributed by atoms with Crippen LogP contribution in [-0.2, 0) is 0 Å². The van der Waals surface area contributed by atoms with Gasteiger partial charge in [-0.1, -0.05) is 12.2 Å². The molecule has 0 saturated carbocycles. The van der Waals surface area contributed by atoms with Gasteiger partial charge < -0.3 is 10.4 Å². The molecule has 0 fully saturated rings. The average Bonchev–Trinajstić information content (AvgIpc) is 1.90.